The fraction of sp³-hybridized carbons (Fsp3) is 0.389. The highest BCUT2D eigenvalue weighted by atomic mass is 16.2. The summed E-state index contributed by atoms with van der Waals surface area (Å²) in [6, 6.07) is 7.80. The Morgan fingerprint density at radius 2 is 2.17 bits per heavy atom. The van der Waals surface area contributed by atoms with E-state index in [1.807, 2.05) is 49.5 Å². The maximum Gasteiger partial charge on any atom is 0.256 e. The SMILES string of the molecule is CC(Nc1ccc2c(n1)CN(CCN(C)C)C2=O)c1cccnc1. The molecule has 0 spiro atoms. The van der Waals surface area contributed by atoms with Crippen molar-refractivity contribution in [3.05, 3.63) is 53.5 Å². The number of hydrogen-bond donors (Lipinski definition) is 1. The molecule has 6 nitrogen and oxygen atoms in total. The number of likely N-dealkylation sites (N-methyl/N-ethyl adjacent to an activating group) is 1. The van der Waals surface area contributed by atoms with Gasteiger partial charge in [0.05, 0.1) is 23.8 Å². The van der Waals surface area contributed by atoms with E-state index >= 15 is 0 Å². The normalized spacial score (nSPS) is 14.8. The lowest BCUT2D eigenvalue weighted by Crippen LogP contribution is -2.31. The topological polar surface area (TPSA) is 61.4 Å². The van der Waals surface area contributed by atoms with Gasteiger partial charge in [0.15, 0.2) is 0 Å². The number of carbonyl (C=O) groups is 1. The predicted molar refractivity (Wildman–Crippen MR) is 93.8 cm³/mol. The van der Waals surface area contributed by atoms with Gasteiger partial charge in [-0.15, -0.1) is 0 Å². The van der Waals surface area contributed by atoms with Gasteiger partial charge in [-0.1, -0.05) is 6.07 Å². The van der Waals surface area contributed by atoms with E-state index in [-0.39, 0.29) is 11.9 Å². The molecule has 0 fully saturated rings. The molecule has 1 N–H and O–H groups in total. The van der Waals surface area contributed by atoms with Crippen molar-refractivity contribution in [2.24, 2.45) is 0 Å². The molecule has 0 radical (unpaired) electrons. The quantitative estimate of drug-likeness (QED) is 0.882. The van der Waals surface area contributed by atoms with Crippen molar-refractivity contribution >= 4 is 11.7 Å². The van der Waals surface area contributed by atoms with Gasteiger partial charge >= 0.3 is 0 Å². The molecule has 0 bridgehead atoms. The zero-order valence-electron chi connectivity index (χ0n) is 14.4. The van der Waals surface area contributed by atoms with Gasteiger partial charge in [0.2, 0.25) is 0 Å². The van der Waals surface area contributed by atoms with Crippen LogP contribution >= 0.6 is 0 Å². The molecule has 2 aromatic heterocycles. The van der Waals surface area contributed by atoms with Gasteiger partial charge in [-0.25, -0.2) is 4.98 Å². The second-order valence-electron chi connectivity index (χ2n) is 6.37. The van der Waals surface area contributed by atoms with Crippen LogP contribution in [0.3, 0.4) is 0 Å². The molecule has 24 heavy (non-hydrogen) atoms. The summed E-state index contributed by atoms with van der Waals surface area (Å²) in [5.74, 6) is 0.860. The molecule has 1 amide bonds. The lowest BCUT2D eigenvalue weighted by atomic mass is 10.1. The molecule has 0 saturated heterocycles. The standard InChI is InChI=1S/C18H23N5O/c1-13(14-5-4-8-19-11-14)20-17-7-6-15-16(21-17)12-23(18(15)24)10-9-22(2)3/h4-8,11,13H,9-10,12H2,1-3H3,(H,20,21). The number of carbonyl (C=O) groups excluding carboxylic acids is 1. The Morgan fingerprint density at radius 3 is 2.88 bits per heavy atom. The number of pyridine rings is 2. The summed E-state index contributed by atoms with van der Waals surface area (Å²) >= 11 is 0. The third-order valence-electron chi connectivity index (χ3n) is 4.20. The number of nitrogens with zero attached hydrogens (tertiary/aromatic N) is 4. The fourth-order valence-corrected chi connectivity index (χ4v) is 2.76. The molecule has 2 aromatic rings. The van der Waals surface area contributed by atoms with Crippen molar-refractivity contribution < 1.29 is 4.79 Å². The van der Waals surface area contributed by atoms with Gasteiger partial charge in [-0.3, -0.25) is 9.78 Å². The highest BCUT2D eigenvalue weighted by molar-refractivity contribution is 5.98. The molecule has 3 heterocycles. The third kappa shape index (κ3) is 3.54. The predicted octanol–water partition coefficient (Wildman–Crippen LogP) is 2.17. The van der Waals surface area contributed by atoms with Crippen LogP contribution in [0.25, 0.3) is 0 Å². The van der Waals surface area contributed by atoms with Crippen molar-refractivity contribution in [2.75, 3.05) is 32.5 Å². The summed E-state index contributed by atoms with van der Waals surface area (Å²) in [6.45, 7) is 4.22. The van der Waals surface area contributed by atoms with E-state index in [9.17, 15) is 4.79 Å². The van der Waals surface area contributed by atoms with Crippen molar-refractivity contribution in [1.82, 2.24) is 19.8 Å². The summed E-state index contributed by atoms with van der Waals surface area (Å²) in [5.41, 5.74) is 2.67. The number of anilines is 1. The average Bonchev–Trinajstić information content (AvgIpc) is 2.89. The minimum atomic E-state index is 0.0752. The Balaban J connectivity index is 1.70. The van der Waals surface area contributed by atoms with Gasteiger partial charge in [0, 0.05) is 25.5 Å². The van der Waals surface area contributed by atoms with Crippen molar-refractivity contribution in [1.29, 1.82) is 0 Å². The first-order chi connectivity index (χ1) is 11.5. The van der Waals surface area contributed by atoms with E-state index in [4.69, 9.17) is 0 Å². The second kappa shape index (κ2) is 6.97. The number of nitrogens with one attached hydrogen (secondary N) is 1. The van der Waals surface area contributed by atoms with Gasteiger partial charge in [0.25, 0.3) is 5.91 Å². The van der Waals surface area contributed by atoms with Crippen LogP contribution in [0.5, 0.6) is 0 Å². The number of amides is 1. The van der Waals surface area contributed by atoms with Crippen molar-refractivity contribution in [3.8, 4) is 0 Å². The lowest BCUT2D eigenvalue weighted by molar-refractivity contribution is 0.0768. The molecule has 3 rings (SSSR count). The Labute approximate surface area is 142 Å². The lowest BCUT2D eigenvalue weighted by Gasteiger charge is -2.18. The maximum atomic E-state index is 12.4. The first-order valence-electron chi connectivity index (χ1n) is 8.15. The minimum Gasteiger partial charge on any atom is -0.363 e. The van der Waals surface area contributed by atoms with Crippen LogP contribution in [0.2, 0.25) is 0 Å². The highest BCUT2D eigenvalue weighted by Gasteiger charge is 2.28. The van der Waals surface area contributed by atoms with Gasteiger partial charge in [0.1, 0.15) is 5.82 Å². The molecule has 0 aliphatic carbocycles. The van der Waals surface area contributed by atoms with E-state index in [2.05, 4.69) is 27.1 Å². The summed E-state index contributed by atoms with van der Waals surface area (Å²) in [4.78, 5) is 25.1. The smallest absolute Gasteiger partial charge is 0.256 e. The molecule has 1 aliphatic rings. The molecule has 126 valence electrons. The highest BCUT2D eigenvalue weighted by Crippen LogP contribution is 2.24. The van der Waals surface area contributed by atoms with Crippen LogP contribution in [0.1, 0.15) is 34.6 Å². The molecular weight excluding hydrogens is 302 g/mol. The Kier molecular flexibility index (Phi) is 4.76. The van der Waals surface area contributed by atoms with Crippen LogP contribution < -0.4 is 5.32 Å². The van der Waals surface area contributed by atoms with Gasteiger partial charge in [-0.2, -0.15) is 0 Å². The average molecular weight is 325 g/mol. The van der Waals surface area contributed by atoms with E-state index in [1.54, 1.807) is 6.20 Å². The summed E-state index contributed by atoms with van der Waals surface area (Å²) in [6.07, 6.45) is 3.61. The Morgan fingerprint density at radius 1 is 1.33 bits per heavy atom. The zero-order valence-corrected chi connectivity index (χ0v) is 14.4. The van der Waals surface area contributed by atoms with Crippen molar-refractivity contribution in [3.63, 3.8) is 0 Å². The fourth-order valence-electron chi connectivity index (χ4n) is 2.76. The monoisotopic (exact) mass is 325 g/mol. The summed E-state index contributed by atoms with van der Waals surface area (Å²) in [7, 11) is 4.02. The number of fused-ring (bicyclic) bond motifs is 1. The number of rotatable bonds is 6. The van der Waals surface area contributed by atoms with E-state index in [0.717, 1.165) is 30.2 Å². The molecule has 0 saturated carbocycles. The van der Waals surface area contributed by atoms with Crippen LogP contribution in [-0.4, -0.2) is 52.9 Å². The first kappa shape index (κ1) is 16.4. The molecule has 1 atom stereocenters. The minimum absolute atomic E-state index is 0.0752. The molecular formula is C18H23N5O. The second-order valence-corrected chi connectivity index (χ2v) is 6.37. The number of hydrogen-bond acceptors (Lipinski definition) is 5. The summed E-state index contributed by atoms with van der Waals surface area (Å²) in [5, 5.41) is 3.38. The van der Waals surface area contributed by atoms with Crippen molar-refractivity contribution in [2.45, 2.75) is 19.5 Å². The van der Waals surface area contributed by atoms with Crippen LogP contribution in [0.15, 0.2) is 36.7 Å². The van der Waals surface area contributed by atoms with Crippen LogP contribution in [0.4, 0.5) is 5.82 Å². The molecule has 6 heteroatoms. The number of aromatic nitrogens is 2. The Bertz CT molecular complexity index is 717. The molecule has 1 unspecified atom stereocenters. The van der Waals surface area contributed by atoms with E-state index < -0.39 is 0 Å². The van der Waals surface area contributed by atoms with Crippen LogP contribution in [0, 0.1) is 0 Å². The first-order valence-corrected chi connectivity index (χ1v) is 8.15. The van der Waals surface area contributed by atoms with Gasteiger partial charge in [-0.05, 0) is 44.8 Å². The van der Waals surface area contributed by atoms with E-state index in [0.29, 0.717) is 12.1 Å². The Hall–Kier alpha value is -2.47. The molecule has 0 aromatic carbocycles. The maximum absolute atomic E-state index is 12.4. The van der Waals surface area contributed by atoms with Crippen LogP contribution in [-0.2, 0) is 6.54 Å². The molecule has 1 aliphatic heterocycles. The van der Waals surface area contributed by atoms with Gasteiger partial charge < -0.3 is 15.1 Å². The zero-order chi connectivity index (χ0) is 17.1. The summed E-state index contributed by atoms with van der Waals surface area (Å²) < 4.78 is 0. The largest absolute Gasteiger partial charge is 0.363 e. The third-order valence-corrected chi connectivity index (χ3v) is 4.20. The van der Waals surface area contributed by atoms with E-state index in [1.165, 1.54) is 0 Å².